The number of alkyl halides is 2. The van der Waals surface area contributed by atoms with Crippen LogP contribution in [0.5, 0.6) is 28.7 Å². The maximum Gasteiger partial charge on any atom is 0.418 e. The topological polar surface area (TPSA) is 325 Å². The summed E-state index contributed by atoms with van der Waals surface area (Å²) in [4.78, 5) is 51.8. The number of fused-ring (bicyclic) bond motifs is 6. The second-order valence-corrected chi connectivity index (χ2v) is 40.7. The molecular formula is C108H126Cl4N18O10S2. The maximum absolute atomic E-state index is 12.3. The molecule has 3 spiro atoms. The number of carbonyl (C=O) groups is 1. The lowest BCUT2D eigenvalue weighted by atomic mass is 9.76. The number of halogens is 4. The third-order valence-electron chi connectivity index (χ3n) is 26.1. The minimum Gasteiger partial charge on any atom is -0.497 e. The van der Waals surface area contributed by atoms with Crippen molar-refractivity contribution in [3.05, 3.63) is 323 Å². The number of ether oxygens (including phenoxy) is 5. The van der Waals surface area contributed by atoms with Crippen LogP contribution in [0.4, 0.5) is 27.7 Å². The lowest BCUT2D eigenvalue weighted by Crippen LogP contribution is -2.45. The summed E-state index contributed by atoms with van der Waals surface area (Å²) in [6, 6.07) is 74.3. The zero-order chi connectivity index (χ0) is 101. The number of amides is 1. The molecule has 7 aliphatic heterocycles. The van der Waals surface area contributed by atoms with Gasteiger partial charge in [0.2, 0.25) is 20.0 Å². The van der Waals surface area contributed by atoms with Crippen molar-refractivity contribution in [2.24, 2.45) is 0 Å². The molecule has 748 valence electrons. The number of para-hydroxylation sites is 1. The molecule has 4 saturated heterocycles. The normalized spacial score (nSPS) is 15.9. The van der Waals surface area contributed by atoms with E-state index in [-0.39, 0.29) is 22.7 Å². The highest BCUT2D eigenvalue weighted by Crippen LogP contribution is 2.49. The van der Waals surface area contributed by atoms with E-state index >= 15 is 0 Å². The van der Waals surface area contributed by atoms with Gasteiger partial charge in [-0.15, -0.1) is 23.2 Å². The SMILES string of the molecule is CC.COc1ccc(CN(CCCl)CCCl)cc1.COc1ccc(CN2CCC(C#N)(c3ncccc3Cl)CC2)cc1.COc1ccc(CN2CCC3(CC2)CN(S(C)(=O)=O)c2cccnc23)cc1.COc1ccc(CN2CCC3(CC2)CNc2cccnc23)cc1.CS(=O)(=O)N1CC2(CCNCC2)c2ncccc21.N#CCc1ncccc1Cl.O=C(Nc1cnc(-c2ccccc2)cn1)Oc1ccccc1. The quantitative estimate of drug-likeness (QED) is 0.0501. The van der Waals surface area contributed by atoms with Crippen molar-refractivity contribution in [2.75, 3.05) is 157 Å². The summed E-state index contributed by atoms with van der Waals surface area (Å²) in [6.07, 6.45) is 21.7. The van der Waals surface area contributed by atoms with E-state index in [0.29, 0.717) is 52.2 Å². The van der Waals surface area contributed by atoms with Crippen molar-refractivity contribution in [1.82, 2.24) is 59.8 Å². The zero-order valence-corrected chi connectivity index (χ0v) is 86.4. The Morgan fingerprint density at radius 1 is 0.458 bits per heavy atom. The fraction of sp³-hybridized carbons (Fsp3) is 0.370. The highest BCUT2D eigenvalue weighted by molar-refractivity contribution is 7.92. The second kappa shape index (κ2) is 53.3. The minimum atomic E-state index is -3.29. The van der Waals surface area contributed by atoms with Crippen molar-refractivity contribution in [2.45, 2.75) is 119 Å². The number of anilines is 4. The number of hydrogen-bond acceptors (Lipinski definition) is 25. The van der Waals surface area contributed by atoms with E-state index in [1.807, 2.05) is 141 Å². The van der Waals surface area contributed by atoms with Crippen molar-refractivity contribution in [1.29, 1.82) is 10.5 Å². The molecule has 19 rings (SSSR count). The number of nitrogens with one attached hydrogen (secondary N) is 3. The van der Waals surface area contributed by atoms with Crippen LogP contribution in [0.1, 0.15) is 116 Å². The van der Waals surface area contributed by atoms with Gasteiger partial charge in [-0.1, -0.05) is 134 Å². The van der Waals surface area contributed by atoms with E-state index in [2.05, 4.69) is 131 Å². The lowest BCUT2D eigenvalue weighted by molar-refractivity contribution is 0.159. The molecule has 0 saturated carbocycles. The summed E-state index contributed by atoms with van der Waals surface area (Å²) in [7, 11) is 0.211. The molecule has 1 amide bonds. The number of aromatic nitrogens is 7. The molecule has 6 aromatic carbocycles. The summed E-state index contributed by atoms with van der Waals surface area (Å²) in [6.45, 7) is 19.1. The molecule has 6 aromatic heterocycles. The molecule has 7 aliphatic rings. The number of sulfonamides is 2. The first kappa shape index (κ1) is 109. The van der Waals surface area contributed by atoms with Crippen LogP contribution in [0.25, 0.3) is 11.3 Å². The molecule has 142 heavy (non-hydrogen) atoms. The van der Waals surface area contributed by atoms with Crippen molar-refractivity contribution >= 4 is 95.4 Å². The van der Waals surface area contributed by atoms with E-state index in [0.717, 1.165) is 199 Å². The molecule has 0 bridgehead atoms. The Hall–Kier alpha value is -12.1. The molecule has 0 atom stereocenters. The number of rotatable bonds is 23. The Morgan fingerprint density at radius 3 is 1.30 bits per heavy atom. The van der Waals surface area contributed by atoms with E-state index in [9.17, 15) is 26.9 Å². The van der Waals surface area contributed by atoms with Gasteiger partial charge in [-0.05, 0) is 234 Å². The average Bonchev–Trinajstić information content (AvgIpc) is 1.59. The van der Waals surface area contributed by atoms with E-state index in [1.54, 1.807) is 108 Å². The number of carbonyl (C=O) groups excluding carboxylic acids is 1. The van der Waals surface area contributed by atoms with Gasteiger partial charge in [0.25, 0.3) is 0 Å². The van der Waals surface area contributed by atoms with Gasteiger partial charge in [0.15, 0.2) is 5.82 Å². The number of pyridine rings is 5. The predicted octanol–water partition coefficient (Wildman–Crippen LogP) is 19.3. The average molecular weight is 2040 g/mol. The maximum atomic E-state index is 12.3. The molecule has 3 N–H and O–H groups in total. The van der Waals surface area contributed by atoms with E-state index in [1.165, 1.54) is 73.8 Å². The van der Waals surface area contributed by atoms with Gasteiger partial charge in [0.05, 0.1) is 133 Å². The summed E-state index contributed by atoms with van der Waals surface area (Å²) < 4.78 is 77.2. The number of likely N-dealkylation sites (tertiary alicyclic amines) is 3. The number of nitrogens with zero attached hydrogens (tertiary/aromatic N) is 15. The molecule has 13 heterocycles. The zero-order valence-electron chi connectivity index (χ0n) is 81.7. The lowest BCUT2D eigenvalue weighted by Gasteiger charge is -2.39. The van der Waals surface area contributed by atoms with Gasteiger partial charge < -0.3 is 34.3 Å². The van der Waals surface area contributed by atoms with Crippen molar-refractivity contribution in [3.63, 3.8) is 0 Å². The highest BCUT2D eigenvalue weighted by Gasteiger charge is 2.50. The molecular weight excluding hydrogens is 1920 g/mol. The predicted molar refractivity (Wildman–Crippen MR) is 565 cm³/mol. The number of piperidine rings is 4. The Balaban J connectivity index is 0.000000150. The van der Waals surface area contributed by atoms with Crippen LogP contribution in [0, 0.1) is 22.7 Å². The number of nitriles is 2. The van der Waals surface area contributed by atoms with Gasteiger partial charge in [0, 0.05) is 137 Å². The summed E-state index contributed by atoms with van der Waals surface area (Å²) in [5.41, 5.74) is 13.5. The van der Waals surface area contributed by atoms with Crippen molar-refractivity contribution < 1.29 is 45.3 Å². The molecule has 12 aromatic rings. The Bertz CT molecular complexity index is 6280. The fourth-order valence-electron chi connectivity index (χ4n) is 18.4. The molecule has 4 fully saturated rings. The third kappa shape index (κ3) is 29.8. The van der Waals surface area contributed by atoms with E-state index in [4.69, 9.17) is 75.3 Å². The van der Waals surface area contributed by atoms with Crippen LogP contribution in [0.3, 0.4) is 0 Å². The molecule has 0 aliphatic carbocycles. The van der Waals surface area contributed by atoms with Crippen LogP contribution in [-0.2, 0) is 74.3 Å². The minimum absolute atomic E-state index is 0.0923. The van der Waals surface area contributed by atoms with Crippen LogP contribution in [-0.4, -0.2) is 215 Å². The number of benzene rings is 6. The van der Waals surface area contributed by atoms with E-state index < -0.39 is 31.6 Å². The molecule has 28 nitrogen and oxygen atoms in total. The van der Waals surface area contributed by atoms with Crippen molar-refractivity contribution in [3.8, 4) is 52.1 Å². The first-order chi connectivity index (χ1) is 68.8. The van der Waals surface area contributed by atoms with Gasteiger partial charge in [0.1, 0.15) is 34.2 Å². The van der Waals surface area contributed by atoms with Crippen LogP contribution in [0.15, 0.2) is 262 Å². The smallest absolute Gasteiger partial charge is 0.418 e. The first-order valence-corrected chi connectivity index (χ1v) is 53.1. The number of methoxy groups -OCH3 is 4. The fourth-order valence-corrected chi connectivity index (χ4v) is 21.3. The summed E-state index contributed by atoms with van der Waals surface area (Å²) >= 11 is 23.5. The largest absolute Gasteiger partial charge is 0.497 e. The Kier molecular flexibility index (Phi) is 40.8. The molecule has 34 heteroatoms. The Morgan fingerprint density at radius 2 is 0.873 bits per heavy atom. The standard InChI is InChI=1S/C20H25N3O3S.C19H20ClN3O.C19H23N3O.C17H13N3O2.C12H17Cl2NO.C12H17N3O2S.C7H5ClN2.C2H6/c1-26-17-7-5-16(6-8-17)14-22-12-9-20(10-13-22)15-23(27(2,24)25)18-4-3-11-21-19(18)20;1-24-16-6-4-15(5-7-16)13-23-11-8-19(14-21,9-12-23)18-17(20)3-2-10-22-18;1-23-16-6-4-15(5-7-16)13-22-11-8-19(9-12-22)14-21-17-3-2-10-20-18(17)19;21-17(22-14-9-5-2-6-10-14)20-16-12-18-15(11-19-16)13-7-3-1-4-8-13;1-16-12-4-2-11(3-5-12)10-15(8-6-13)9-7-14;1-18(16,17)15-9-12(4-7-13-8-5-12)11-10(15)3-2-6-14-11;8-6-2-1-5-10-7(6)3-4-9;1-2/h3-8,11H,9-10,12-15H2,1-2H3;2-7,10H,8-9,11-13H2,1H3;2-7,10,21H,8-9,11-14H2,1H3;1-12H,(H,19,20,21);2-5H,6-10H2,1H3;2-3,6,13H,4-5,7-9H2,1H3;1-2,5H,3H2;1-2H3. The van der Waals surface area contributed by atoms with Crippen LogP contribution in [0.2, 0.25) is 10.0 Å². The third-order valence-corrected chi connectivity index (χ3v) is 29.3. The Labute approximate surface area is 856 Å². The first-order valence-electron chi connectivity index (χ1n) is 47.5. The molecule has 0 unspecified atom stereocenters. The van der Waals surface area contributed by atoms with Crippen LogP contribution >= 0.6 is 46.4 Å². The number of hydrogen-bond donors (Lipinski definition) is 3. The monoisotopic (exact) mass is 2040 g/mol. The summed E-state index contributed by atoms with van der Waals surface area (Å²) in [5.74, 6) is 5.60. The van der Waals surface area contributed by atoms with Gasteiger partial charge in [-0.2, -0.15) is 10.5 Å². The van der Waals surface area contributed by atoms with Gasteiger partial charge >= 0.3 is 6.09 Å². The molecule has 0 radical (unpaired) electrons. The van der Waals surface area contributed by atoms with Gasteiger partial charge in [-0.25, -0.2) is 26.6 Å². The summed E-state index contributed by atoms with van der Waals surface area (Å²) in [5, 5.41) is 28.6. The van der Waals surface area contributed by atoms with Crippen LogP contribution < -0.4 is 48.2 Å². The highest BCUT2D eigenvalue weighted by atomic mass is 35.5. The second-order valence-electron chi connectivity index (χ2n) is 35.3. The van der Waals surface area contributed by atoms with Gasteiger partial charge in [-0.3, -0.25) is 63.4 Å².